The predicted octanol–water partition coefficient (Wildman–Crippen LogP) is 3.89. The van der Waals surface area contributed by atoms with Gasteiger partial charge in [-0.3, -0.25) is 9.10 Å². The highest BCUT2D eigenvalue weighted by molar-refractivity contribution is 7.92. The number of ether oxygens (including phenoxy) is 1. The number of sulfonamides is 1. The highest BCUT2D eigenvalue weighted by atomic mass is 35.5. The van der Waals surface area contributed by atoms with Gasteiger partial charge in [-0.05, 0) is 42.5 Å². The number of hydrogen-bond acceptors (Lipinski definition) is 5. The molecule has 0 saturated carbocycles. The largest absolute Gasteiger partial charge is 0.497 e. The average Bonchev–Trinajstić information content (AvgIpc) is 2.87. The van der Waals surface area contributed by atoms with E-state index in [4.69, 9.17) is 16.3 Å². The topological polar surface area (TPSA) is 70.2 Å². The van der Waals surface area contributed by atoms with Gasteiger partial charge in [-0.1, -0.05) is 41.9 Å². The monoisotopic (exact) mass is 499 g/mol. The number of halogens is 1. The van der Waals surface area contributed by atoms with Gasteiger partial charge >= 0.3 is 0 Å². The van der Waals surface area contributed by atoms with Crippen molar-refractivity contribution in [2.45, 2.75) is 4.90 Å². The number of amides is 1. The van der Waals surface area contributed by atoms with Gasteiger partial charge in [-0.25, -0.2) is 8.42 Å². The molecule has 1 saturated heterocycles. The number of benzene rings is 3. The first-order chi connectivity index (χ1) is 16.4. The first-order valence-electron chi connectivity index (χ1n) is 10.9. The van der Waals surface area contributed by atoms with Gasteiger partial charge < -0.3 is 14.5 Å². The number of hydrogen-bond donors (Lipinski definition) is 0. The predicted molar refractivity (Wildman–Crippen MR) is 134 cm³/mol. The van der Waals surface area contributed by atoms with E-state index in [1.54, 1.807) is 47.4 Å². The van der Waals surface area contributed by atoms with Crippen LogP contribution in [0.25, 0.3) is 0 Å². The minimum Gasteiger partial charge on any atom is -0.497 e. The molecule has 34 heavy (non-hydrogen) atoms. The summed E-state index contributed by atoms with van der Waals surface area (Å²) in [6.45, 7) is 1.94. The molecule has 3 aromatic carbocycles. The average molecular weight is 500 g/mol. The van der Waals surface area contributed by atoms with Crippen LogP contribution < -0.4 is 13.9 Å². The number of piperazine rings is 1. The molecular formula is C25H26ClN3O4S. The molecule has 0 atom stereocenters. The summed E-state index contributed by atoms with van der Waals surface area (Å²) in [7, 11) is -2.45. The zero-order valence-corrected chi connectivity index (χ0v) is 20.4. The van der Waals surface area contributed by atoms with E-state index in [1.807, 2.05) is 24.3 Å². The lowest BCUT2D eigenvalue weighted by Gasteiger charge is -2.37. The molecular weight excluding hydrogens is 474 g/mol. The van der Waals surface area contributed by atoms with E-state index in [9.17, 15) is 13.2 Å². The third kappa shape index (κ3) is 5.29. The maximum Gasteiger partial charge on any atom is 0.264 e. The second kappa shape index (κ2) is 10.4. The van der Waals surface area contributed by atoms with Crippen LogP contribution >= 0.6 is 11.6 Å². The Morgan fingerprint density at radius 3 is 2.32 bits per heavy atom. The Bertz CT molecular complexity index is 1250. The third-order valence-corrected chi connectivity index (χ3v) is 7.78. The van der Waals surface area contributed by atoms with Gasteiger partial charge in [0.05, 0.1) is 17.7 Å². The molecule has 1 aliphatic rings. The van der Waals surface area contributed by atoms with Crippen molar-refractivity contribution < 1.29 is 17.9 Å². The Hall–Kier alpha value is -3.23. The van der Waals surface area contributed by atoms with Gasteiger partial charge in [-0.2, -0.15) is 0 Å². The second-order valence-electron chi connectivity index (χ2n) is 7.87. The van der Waals surface area contributed by atoms with Crippen LogP contribution in [0, 0.1) is 0 Å². The lowest BCUT2D eigenvalue weighted by molar-refractivity contribution is -0.129. The molecule has 0 spiro atoms. The fourth-order valence-corrected chi connectivity index (χ4v) is 5.52. The first kappa shape index (κ1) is 23.9. The van der Waals surface area contributed by atoms with Crippen molar-refractivity contribution >= 4 is 38.9 Å². The second-order valence-corrected chi connectivity index (χ2v) is 10.2. The smallest absolute Gasteiger partial charge is 0.264 e. The summed E-state index contributed by atoms with van der Waals surface area (Å²) in [4.78, 5) is 17.2. The normalized spacial score (nSPS) is 14.1. The number of carbonyl (C=O) groups is 1. The fourth-order valence-electron chi connectivity index (χ4n) is 3.91. The summed E-state index contributed by atoms with van der Waals surface area (Å²) in [5, 5.41) is 0.663. The minimum atomic E-state index is -3.97. The van der Waals surface area contributed by atoms with Crippen LogP contribution in [0.15, 0.2) is 83.8 Å². The van der Waals surface area contributed by atoms with Gasteiger partial charge in [0.2, 0.25) is 5.91 Å². The van der Waals surface area contributed by atoms with E-state index >= 15 is 0 Å². The molecule has 4 rings (SSSR count). The highest BCUT2D eigenvalue weighted by Gasteiger charge is 2.30. The number of anilines is 2. The van der Waals surface area contributed by atoms with E-state index in [2.05, 4.69) is 4.90 Å². The van der Waals surface area contributed by atoms with E-state index in [-0.39, 0.29) is 17.3 Å². The molecule has 0 bridgehead atoms. The van der Waals surface area contributed by atoms with Gasteiger partial charge in [0, 0.05) is 43.0 Å². The van der Waals surface area contributed by atoms with Crippen molar-refractivity contribution in [3.63, 3.8) is 0 Å². The van der Waals surface area contributed by atoms with Crippen LogP contribution in [0.5, 0.6) is 5.75 Å². The molecule has 1 aliphatic heterocycles. The van der Waals surface area contributed by atoms with Crippen LogP contribution in [0.3, 0.4) is 0 Å². The zero-order valence-electron chi connectivity index (χ0n) is 18.8. The quantitative estimate of drug-likeness (QED) is 0.493. The number of carbonyl (C=O) groups excluding carboxylic acids is 1. The standard InChI is InChI=1S/C25H26ClN3O4S/c1-33-23-10-6-9-22(18-23)29(34(31,32)24-11-3-2-4-12-24)19-25(30)28-15-13-27(14-16-28)21-8-5-7-20(26)17-21/h2-12,17-18H,13-16,19H2,1H3. The Balaban J connectivity index is 1.54. The van der Waals surface area contributed by atoms with Gasteiger partial charge in [0.15, 0.2) is 0 Å². The third-order valence-electron chi connectivity index (χ3n) is 5.76. The molecule has 7 nitrogen and oxygen atoms in total. The molecule has 1 fully saturated rings. The Labute approximate surface area is 205 Å². The van der Waals surface area contributed by atoms with Crippen LogP contribution in [0.1, 0.15) is 0 Å². The molecule has 0 aliphatic carbocycles. The summed E-state index contributed by atoms with van der Waals surface area (Å²) < 4.78 is 33.5. The van der Waals surface area contributed by atoms with Crippen molar-refractivity contribution in [3.05, 3.63) is 83.9 Å². The van der Waals surface area contributed by atoms with Crippen LogP contribution in [-0.4, -0.2) is 59.1 Å². The molecule has 0 radical (unpaired) electrons. The summed E-state index contributed by atoms with van der Waals surface area (Å²) in [6.07, 6.45) is 0. The van der Waals surface area contributed by atoms with Gasteiger partial charge in [0.25, 0.3) is 10.0 Å². The summed E-state index contributed by atoms with van der Waals surface area (Å²) in [5.41, 5.74) is 1.37. The van der Waals surface area contributed by atoms with Crippen molar-refractivity contribution in [3.8, 4) is 5.75 Å². The van der Waals surface area contributed by atoms with Gasteiger partial charge in [0.1, 0.15) is 12.3 Å². The van der Waals surface area contributed by atoms with E-state index in [1.165, 1.54) is 19.2 Å². The molecule has 0 aromatic heterocycles. The molecule has 1 heterocycles. The number of rotatable bonds is 7. The summed E-state index contributed by atoms with van der Waals surface area (Å²) in [6, 6.07) is 22.4. The Kier molecular flexibility index (Phi) is 7.29. The Morgan fingerprint density at radius 2 is 1.65 bits per heavy atom. The Morgan fingerprint density at radius 1 is 0.941 bits per heavy atom. The maximum absolute atomic E-state index is 13.5. The summed E-state index contributed by atoms with van der Waals surface area (Å²) in [5.74, 6) is 0.251. The number of methoxy groups -OCH3 is 1. The fraction of sp³-hybridized carbons (Fsp3) is 0.240. The molecule has 3 aromatic rings. The molecule has 178 valence electrons. The SMILES string of the molecule is COc1cccc(N(CC(=O)N2CCN(c3cccc(Cl)c3)CC2)S(=O)(=O)c2ccccc2)c1. The molecule has 9 heteroatoms. The number of nitrogens with zero attached hydrogens (tertiary/aromatic N) is 3. The highest BCUT2D eigenvalue weighted by Crippen LogP contribution is 2.27. The van der Waals surface area contributed by atoms with E-state index in [0.717, 1.165) is 9.99 Å². The van der Waals surface area contributed by atoms with Crippen LogP contribution in [0.2, 0.25) is 5.02 Å². The van der Waals surface area contributed by atoms with Gasteiger partial charge in [-0.15, -0.1) is 0 Å². The molecule has 0 unspecified atom stereocenters. The van der Waals surface area contributed by atoms with Crippen molar-refractivity contribution in [1.29, 1.82) is 0 Å². The summed E-state index contributed by atoms with van der Waals surface area (Å²) >= 11 is 6.11. The molecule has 1 amide bonds. The maximum atomic E-state index is 13.5. The van der Waals surface area contributed by atoms with Crippen molar-refractivity contribution in [2.75, 3.05) is 49.0 Å². The van der Waals surface area contributed by atoms with E-state index in [0.29, 0.717) is 42.6 Å². The van der Waals surface area contributed by atoms with Crippen molar-refractivity contribution in [1.82, 2.24) is 4.90 Å². The lowest BCUT2D eigenvalue weighted by Crippen LogP contribution is -2.52. The minimum absolute atomic E-state index is 0.122. The first-order valence-corrected chi connectivity index (χ1v) is 12.7. The van der Waals surface area contributed by atoms with Crippen LogP contribution in [-0.2, 0) is 14.8 Å². The molecule has 0 N–H and O–H groups in total. The zero-order chi connectivity index (χ0) is 24.1. The van der Waals surface area contributed by atoms with Crippen LogP contribution in [0.4, 0.5) is 11.4 Å². The van der Waals surface area contributed by atoms with E-state index < -0.39 is 10.0 Å². The van der Waals surface area contributed by atoms with Crippen molar-refractivity contribution in [2.24, 2.45) is 0 Å². The lowest BCUT2D eigenvalue weighted by atomic mass is 10.2.